The topological polar surface area (TPSA) is 21.3 Å². The first-order chi connectivity index (χ1) is 7.79. The molecule has 0 bridgehead atoms. The summed E-state index contributed by atoms with van der Waals surface area (Å²) in [5.41, 5.74) is 1.34. The highest BCUT2D eigenvalue weighted by atomic mass is 127. The molecule has 0 atom stereocenters. The Morgan fingerprint density at radius 2 is 2.12 bits per heavy atom. The summed E-state index contributed by atoms with van der Waals surface area (Å²) in [4.78, 5) is 0. The van der Waals surface area contributed by atoms with E-state index in [1.807, 2.05) is 6.07 Å². The van der Waals surface area contributed by atoms with Gasteiger partial charge in [0.05, 0.1) is 10.7 Å². The molecule has 1 saturated carbocycles. The second-order valence-electron chi connectivity index (χ2n) is 4.33. The van der Waals surface area contributed by atoms with Gasteiger partial charge in [0, 0.05) is 12.6 Å². The first-order valence-electron chi connectivity index (χ1n) is 5.85. The minimum absolute atomic E-state index is 0.736. The number of hydrogen-bond donors (Lipinski definition) is 1. The molecule has 1 fully saturated rings. The molecule has 2 rings (SSSR count). The van der Waals surface area contributed by atoms with E-state index in [0.717, 1.165) is 18.3 Å². The summed E-state index contributed by atoms with van der Waals surface area (Å²) < 4.78 is 6.44. The van der Waals surface area contributed by atoms with Gasteiger partial charge in [-0.3, -0.25) is 0 Å². The van der Waals surface area contributed by atoms with Crippen molar-refractivity contribution in [2.75, 3.05) is 7.11 Å². The number of methoxy groups -OCH3 is 1. The Kier molecular flexibility index (Phi) is 4.46. The van der Waals surface area contributed by atoms with E-state index in [1.54, 1.807) is 7.11 Å². The molecule has 0 radical (unpaired) electrons. The Morgan fingerprint density at radius 1 is 1.38 bits per heavy atom. The molecule has 16 heavy (non-hydrogen) atoms. The third-order valence-electron chi connectivity index (χ3n) is 3.17. The molecular weight excluding hydrogens is 313 g/mol. The van der Waals surface area contributed by atoms with Crippen LogP contribution in [-0.4, -0.2) is 13.2 Å². The van der Waals surface area contributed by atoms with Crippen molar-refractivity contribution in [2.45, 2.75) is 38.3 Å². The highest BCUT2D eigenvalue weighted by Crippen LogP contribution is 2.22. The van der Waals surface area contributed by atoms with E-state index >= 15 is 0 Å². The van der Waals surface area contributed by atoms with Crippen LogP contribution >= 0.6 is 22.6 Å². The van der Waals surface area contributed by atoms with E-state index in [9.17, 15) is 0 Å². The van der Waals surface area contributed by atoms with E-state index in [-0.39, 0.29) is 0 Å². The van der Waals surface area contributed by atoms with Gasteiger partial charge >= 0.3 is 0 Å². The van der Waals surface area contributed by atoms with Crippen LogP contribution in [0.4, 0.5) is 0 Å². The third kappa shape index (κ3) is 3.10. The standard InChI is InChI=1S/C13H18INO/c1-16-13-7-6-10(8-12(13)14)9-15-11-4-2-3-5-11/h6-8,11,15H,2-5,9H2,1H3. The highest BCUT2D eigenvalue weighted by molar-refractivity contribution is 14.1. The van der Waals surface area contributed by atoms with Crippen molar-refractivity contribution in [3.05, 3.63) is 27.3 Å². The predicted molar refractivity (Wildman–Crippen MR) is 74.8 cm³/mol. The van der Waals surface area contributed by atoms with E-state index in [1.165, 1.54) is 34.8 Å². The molecule has 88 valence electrons. The van der Waals surface area contributed by atoms with Crippen LogP contribution in [0.5, 0.6) is 5.75 Å². The lowest BCUT2D eigenvalue weighted by atomic mass is 10.2. The average Bonchev–Trinajstić information content (AvgIpc) is 2.79. The molecule has 0 unspecified atom stereocenters. The molecule has 1 aromatic carbocycles. The number of rotatable bonds is 4. The Labute approximate surface area is 111 Å². The largest absolute Gasteiger partial charge is 0.496 e. The molecule has 0 saturated heterocycles. The normalized spacial score (nSPS) is 16.6. The quantitative estimate of drug-likeness (QED) is 0.855. The molecule has 0 spiro atoms. The van der Waals surface area contributed by atoms with Crippen molar-refractivity contribution in [1.29, 1.82) is 0 Å². The molecule has 1 aliphatic carbocycles. The summed E-state index contributed by atoms with van der Waals surface area (Å²) in [6.45, 7) is 0.977. The van der Waals surface area contributed by atoms with Crippen LogP contribution in [0.1, 0.15) is 31.2 Å². The molecule has 3 heteroatoms. The van der Waals surface area contributed by atoms with Gasteiger partial charge in [0.2, 0.25) is 0 Å². The van der Waals surface area contributed by atoms with Gasteiger partial charge in [-0.25, -0.2) is 0 Å². The number of halogens is 1. The van der Waals surface area contributed by atoms with E-state index in [4.69, 9.17) is 4.74 Å². The maximum absolute atomic E-state index is 5.25. The lowest BCUT2D eigenvalue weighted by Crippen LogP contribution is -2.25. The van der Waals surface area contributed by atoms with Crippen LogP contribution in [0.15, 0.2) is 18.2 Å². The van der Waals surface area contributed by atoms with Gasteiger partial charge in [0.1, 0.15) is 5.75 Å². The fraction of sp³-hybridized carbons (Fsp3) is 0.538. The fourth-order valence-corrected chi connectivity index (χ4v) is 3.01. The third-order valence-corrected chi connectivity index (χ3v) is 4.01. The molecule has 0 aromatic heterocycles. The lowest BCUT2D eigenvalue weighted by Gasteiger charge is -2.12. The van der Waals surface area contributed by atoms with Crippen molar-refractivity contribution in [1.82, 2.24) is 5.32 Å². The van der Waals surface area contributed by atoms with Crippen molar-refractivity contribution in [3.63, 3.8) is 0 Å². The number of benzene rings is 1. The summed E-state index contributed by atoms with van der Waals surface area (Å²) in [6.07, 6.45) is 5.45. The summed E-state index contributed by atoms with van der Waals surface area (Å²) >= 11 is 2.32. The van der Waals surface area contributed by atoms with Crippen molar-refractivity contribution >= 4 is 22.6 Å². The minimum Gasteiger partial charge on any atom is -0.496 e. The van der Waals surface area contributed by atoms with Gasteiger partial charge in [0.15, 0.2) is 0 Å². The van der Waals surface area contributed by atoms with E-state index in [0.29, 0.717) is 0 Å². The second-order valence-corrected chi connectivity index (χ2v) is 5.49. The summed E-state index contributed by atoms with van der Waals surface area (Å²) in [7, 11) is 1.72. The number of ether oxygens (including phenoxy) is 1. The van der Waals surface area contributed by atoms with Gasteiger partial charge in [0.25, 0.3) is 0 Å². The van der Waals surface area contributed by atoms with Crippen LogP contribution in [0.3, 0.4) is 0 Å². The Balaban J connectivity index is 1.91. The van der Waals surface area contributed by atoms with Gasteiger partial charge in [-0.15, -0.1) is 0 Å². The zero-order chi connectivity index (χ0) is 11.4. The van der Waals surface area contributed by atoms with Crippen molar-refractivity contribution in [2.24, 2.45) is 0 Å². The molecule has 0 amide bonds. The van der Waals surface area contributed by atoms with Crippen LogP contribution in [-0.2, 0) is 6.54 Å². The monoisotopic (exact) mass is 331 g/mol. The molecule has 2 nitrogen and oxygen atoms in total. The maximum Gasteiger partial charge on any atom is 0.132 e. The zero-order valence-electron chi connectivity index (χ0n) is 9.63. The molecule has 0 aliphatic heterocycles. The minimum atomic E-state index is 0.736. The van der Waals surface area contributed by atoms with Crippen LogP contribution < -0.4 is 10.1 Å². The second kappa shape index (κ2) is 5.87. The molecule has 1 N–H and O–H groups in total. The summed E-state index contributed by atoms with van der Waals surface area (Å²) in [5.74, 6) is 0.963. The van der Waals surface area contributed by atoms with Gasteiger partial charge < -0.3 is 10.1 Å². The van der Waals surface area contributed by atoms with Gasteiger partial charge in [-0.2, -0.15) is 0 Å². The predicted octanol–water partition coefficient (Wildman–Crippen LogP) is 3.33. The highest BCUT2D eigenvalue weighted by Gasteiger charge is 2.13. The Bertz CT molecular complexity index is 348. The van der Waals surface area contributed by atoms with E-state index in [2.05, 4.69) is 40.0 Å². The van der Waals surface area contributed by atoms with Gasteiger partial charge in [-0.1, -0.05) is 18.9 Å². The lowest BCUT2D eigenvalue weighted by molar-refractivity contribution is 0.411. The number of nitrogens with one attached hydrogen (secondary N) is 1. The summed E-state index contributed by atoms with van der Waals surface area (Å²) in [5, 5.41) is 3.62. The maximum atomic E-state index is 5.25. The Hall–Kier alpha value is -0.290. The first kappa shape index (κ1) is 12.2. The van der Waals surface area contributed by atoms with Crippen molar-refractivity contribution in [3.8, 4) is 5.75 Å². The number of hydrogen-bond acceptors (Lipinski definition) is 2. The van der Waals surface area contributed by atoms with Crippen LogP contribution in [0.2, 0.25) is 0 Å². The zero-order valence-corrected chi connectivity index (χ0v) is 11.8. The molecule has 1 aliphatic rings. The first-order valence-corrected chi connectivity index (χ1v) is 6.93. The molecule has 1 aromatic rings. The summed E-state index contributed by atoms with van der Waals surface area (Å²) in [6, 6.07) is 7.12. The van der Waals surface area contributed by atoms with Crippen LogP contribution in [0.25, 0.3) is 0 Å². The van der Waals surface area contributed by atoms with Crippen molar-refractivity contribution < 1.29 is 4.74 Å². The SMILES string of the molecule is COc1ccc(CNC2CCCC2)cc1I. The van der Waals surface area contributed by atoms with Crippen LogP contribution in [0, 0.1) is 3.57 Å². The van der Waals surface area contributed by atoms with E-state index < -0.39 is 0 Å². The fourth-order valence-electron chi connectivity index (χ4n) is 2.21. The molecule has 0 heterocycles. The van der Waals surface area contributed by atoms with Gasteiger partial charge in [-0.05, 0) is 53.1 Å². The smallest absolute Gasteiger partial charge is 0.132 e. The average molecular weight is 331 g/mol. The Morgan fingerprint density at radius 3 is 2.75 bits per heavy atom. The molecular formula is C13H18INO.